The van der Waals surface area contributed by atoms with Gasteiger partial charge in [0.05, 0.1) is 0 Å². The normalized spacial score (nSPS) is 20.4. The first-order chi connectivity index (χ1) is 16.1. The van der Waals surface area contributed by atoms with E-state index in [1.54, 1.807) is 44.0 Å². The van der Waals surface area contributed by atoms with E-state index in [9.17, 15) is 30.7 Å². The average Bonchev–Trinajstić information content (AvgIpc) is 3.19. The molecule has 1 fully saturated rings. The van der Waals surface area contributed by atoms with Crippen LogP contribution in [0.5, 0.6) is 0 Å². The minimum Gasteiger partial charge on any atom is -0.361 e. The molecule has 0 amide bonds. The summed E-state index contributed by atoms with van der Waals surface area (Å²) in [5.41, 5.74) is -5.72. The Bertz CT molecular complexity index is 986. The first-order valence-electron chi connectivity index (χ1n) is 11.2. The van der Waals surface area contributed by atoms with Crippen LogP contribution in [-0.2, 0) is 16.7 Å². The first-order valence-corrected chi connectivity index (χ1v) is 11.2. The number of alkyl halides is 6. The smallest absolute Gasteiger partial charge is 0.361 e. The van der Waals surface area contributed by atoms with Crippen LogP contribution in [0.15, 0.2) is 42.6 Å². The average molecular weight is 507 g/mol. The minimum absolute atomic E-state index is 0.00155. The Kier molecular flexibility index (Phi) is 7.32. The monoisotopic (exact) mass is 506 g/mol. The number of likely N-dealkylation sites (tertiary alicyclic amines) is 1. The number of aromatic nitrogens is 1. The molecule has 0 radical (unpaired) electrons. The van der Waals surface area contributed by atoms with Gasteiger partial charge >= 0.3 is 12.4 Å². The second-order valence-electron chi connectivity index (χ2n) is 9.71. The van der Waals surface area contributed by atoms with Crippen molar-refractivity contribution in [1.82, 2.24) is 9.88 Å². The zero-order valence-electron chi connectivity index (χ0n) is 20.0. The van der Waals surface area contributed by atoms with Crippen LogP contribution in [0, 0.1) is 18.2 Å². The molecule has 3 nitrogen and oxygen atoms in total. The minimum atomic E-state index is -5.71. The van der Waals surface area contributed by atoms with Gasteiger partial charge in [0.15, 0.2) is 0 Å². The Morgan fingerprint density at radius 2 is 1.57 bits per heavy atom. The molecule has 0 N–H and O–H groups in total. The number of pyridine rings is 1. The Morgan fingerprint density at radius 3 is 2.06 bits per heavy atom. The van der Waals surface area contributed by atoms with Crippen molar-refractivity contribution in [3.8, 4) is 0 Å². The Morgan fingerprint density at radius 1 is 0.971 bits per heavy atom. The number of nitrogens with zero attached hydrogens (tertiary/aromatic N) is 2. The third-order valence-corrected chi connectivity index (χ3v) is 7.42. The summed E-state index contributed by atoms with van der Waals surface area (Å²) in [7, 11) is 0.471. The van der Waals surface area contributed by atoms with Gasteiger partial charge in [-0.25, -0.2) is 4.39 Å². The maximum atomic E-state index is 14.4. The topological polar surface area (TPSA) is 25.4 Å². The van der Waals surface area contributed by atoms with Gasteiger partial charge in [-0.3, -0.25) is 9.88 Å². The Balaban J connectivity index is 2.08. The highest BCUT2D eigenvalue weighted by Crippen LogP contribution is 2.61. The molecule has 1 aliphatic rings. The van der Waals surface area contributed by atoms with E-state index in [0.717, 1.165) is 17.8 Å². The number of aryl methyl sites for hydroxylation is 2. The van der Waals surface area contributed by atoms with Crippen LogP contribution in [0.1, 0.15) is 43.5 Å². The quantitative estimate of drug-likeness (QED) is 0.396. The molecule has 0 unspecified atom stereocenters. The summed E-state index contributed by atoms with van der Waals surface area (Å²) in [5, 5.41) is 0. The van der Waals surface area contributed by atoms with Crippen LogP contribution in [0.3, 0.4) is 0 Å². The van der Waals surface area contributed by atoms with Crippen LogP contribution >= 0.6 is 0 Å². The second-order valence-corrected chi connectivity index (χ2v) is 9.71. The van der Waals surface area contributed by atoms with Crippen LogP contribution in [0.25, 0.3) is 0 Å². The molecule has 0 spiro atoms. The summed E-state index contributed by atoms with van der Waals surface area (Å²) in [6, 6.07) is 8.53. The van der Waals surface area contributed by atoms with Gasteiger partial charge in [-0.05, 0) is 75.9 Å². The number of methoxy groups -OCH3 is 1. The van der Waals surface area contributed by atoms with Crippen LogP contribution in [0.4, 0.5) is 30.7 Å². The van der Waals surface area contributed by atoms with E-state index in [-0.39, 0.29) is 19.4 Å². The molecule has 0 bridgehead atoms. The maximum absolute atomic E-state index is 14.4. The fourth-order valence-corrected chi connectivity index (χ4v) is 5.27. The molecule has 1 aromatic carbocycles. The van der Waals surface area contributed by atoms with E-state index in [1.807, 2.05) is 0 Å². The van der Waals surface area contributed by atoms with Crippen molar-refractivity contribution < 1.29 is 35.5 Å². The molecule has 2 heterocycles. The number of halogens is 7. The lowest BCUT2D eigenvalue weighted by Gasteiger charge is -2.49. The van der Waals surface area contributed by atoms with Gasteiger partial charge in [-0.2, -0.15) is 26.3 Å². The predicted octanol–water partition coefficient (Wildman–Crippen LogP) is 6.60. The second kappa shape index (κ2) is 9.35. The van der Waals surface area contributed by atoms with Crippen molar-refractivity contribution in [2.24, 2.45) is 5.41 Å². The Labute approximate surface area is 200 Å². The lowest BCUT2D eigenvalue weighted by atomic mass is 9.66. The van der Waals surface area contributed by atoms with Gasteiger partial charge < -0.3 is 4.74 Å². The van der Waals surface area contributed by atoms with Gasteiger partial charge in [-0.15, -0.1) is 0 Å². The van der Waals surface area contributed by atoms with Crippen molar-refractivity contribution in [3.63, 3.8) is 0 Å². The third-order valence-electron chi connectivity index (χ3n) is 7.42. The van der Waals surface area contributed by atoms with E-state index in [4.69, 9.17) is 0 Å². The van der Waals surface area contributed by atoms with Crippen molar-refractivity contribution in [3.05, 3.63) is 65.2 Å². The number of ether oxygens (including phenoxy) is 1. The summed E-state index contributed by atoms with van der Waals surface area (Å²) in [6.07, 6.45) is -10.8. The summed E-state index contributed by atoms with van der Waals surface area (Å²) < 4.78 is 104. The van der Waals surface area contributed by atoms with Gasteiger partial charge in [0, 0.05) is 36.5 Å². The summed E-state index contributed by atoms with van der Waals surface area (Å²) in [4.78, 5) is 5.87. The third kappa shape index (κ3) is 4.79. The van der Waals surface area contributed by atoms with E-state index < -0.39 is 47.7 Å². The molecule has 1 aliphatic heterocycles. The zero-order valence-corrected chi connectivity index (χ0v) is 20.0. The standard InChI is InChI=1S/C25H29F7N2O/c1-17-5-8-19(15-33-17)21(2,3)34-14-13-22(16-34,12-11-18-6-9-20(26)10-7-18)23(35-4,24(27,28)29)25(30,31)32/h5-10,15H,11-14,16H2,1-4H3/t22-/m0/s1. The fourth-order valence-electron chi connectivity index (χ4n) is 5.27. The first kappa shape index (κ1) is 27.4. The molecular formula is C25H29F7N2O. The van der Waals surface area contributed by atoms with Gasteiger partial charge in [0.2, 0.25) is 0 Å². The molecule has 194 valence electrons. The molecule has 35 heavy (non-hydrogen) atoms. The highest BCUT2D eigenvalue weighted by molar-refractivity contribution is 5.24. The predicted molar refractivity (Wildman–Crippen MR) is 117 cm³/mol. The molecule has 1 saturated heterocycles. The number of benzene rings is 1. The lowest BCUT2D eigenvalue weighted by molar-refractivity contribution is -0.409. The van der Waals surface area contributed by atoms with Crippen molar-refractivity contribution in [2.45, 2.75) is 63.5 Å². The van der Waals surface area contributed by atoms with E-state index in [1.165, 1.54) is 12.1 Å². The van der Waals surface area contributed by atoms with Gasteiger partial charge in [0.1, 0.15) is 5.82 Å². The molecule has 3 rings (SSSR count). The molecule has 0 aliphatic carbocycles. The van der Waals surface area contributed by atoms with Crippen LogP contribution in [0.2, 0.25) is 0 Å². The van der Waals surface area contributed by atoms with Gasteiger partial charge in [0.25, 0.3) is 5.60 Å². The SMILES string of the molecule is COC(C(F)(F)F)(C(F)(F)F)[C@@]1(CCc2ccc(F)cc2)CCN(C(C)(C)c2ccc(C)nc2)C1. The molecular weight excluding hydrogens is 477 g/mol. The molecule has 2 aromatic rings. The van der Waals surface area contributed by atoms with Gasteiger partial charge in [-0.1, -0.05) is 18.2 Å². The Hall–Kier alpha value is -2.20. The van der Waals surface area contributed by atoms with Crippen LogP contribution < -0.4 is 0 Å². The zero-order chi connectivity index (χ0) is 26.3. The maximum Gasteiger partial charge on any atom is 0.427 e. The molecule has 0 saturated carbocycles. The van der Waals surface area contributed by atoms with Crippen LogP contribution in [-0.4, -0.2) is 48.0 Å². The van der Waals surface area contributed by atoms with E-state index >= 15 is 0 Å². The largest absolute Gasteiger partial charge is 0.427 e. The van der Waals surface area contributed by atoms with E-state index in [0.29, 0.717) is 18.2 Å². The highest BCUT2D eigenvalue weighted by Gasteiger charge is 2.81. The molecule has 1 aromatic heterocycles. The van der Waals surface area contributed by atoms with Crippen molar-refractivity contribution in [1.29, 1.82) is 0 Å². The highest BCUT2D eigenvalue weighted by atomic mass is 19.4. The summed E-state index contributed by atoms with van der Waals surface area (Å²) >= 11 is 0. The summed E-state index contributed by atoms with van der Waals surface area (Å²) in [5.74, 6) is -0.541. The van der Waals surface area contributed by atoms with Crippen molar-refractivity contribution in [2.75, 3.05) is 20.2 Å². The van der Waals surface area contributed by atoms with Crippen molar-refractivity contribution >= 4 is 0 Å². The number of hydrogen-bond acceptors (Lipinski definition) is 3. The fraction of sp³-hybridized carbons (Fsp3) is 0.560. The molecule has 10 heteroatoms. The van der Waals surface area contributed by atoms with E-state index in [2.05, 4.69) is 9.72 Å². The number of rotatable bonds is 7. The lowest BCUT2D eigenvalue weighted by Crippen LogP contribution is -2.69. The summed E-state index contributed by atoms with van der Waals surface area (Å²) in [6.45, 7) is 4.80. The molecule has 1 atom stereocenters. The number of hydrogen-bond donors (Lipinski definition) is 0.